The largest absolute Gasteiger partial charge is 0.328 e. The number of hydrogen-bond donors (Lipinski definition) is 1. The predicted octanol–water partition coefficient (Wildman–Crippen LogP) is 3.27. The number of hydrogen-bond acceptors (Lipinski definition) is 5. The van der Waals surface area contributed by atoms with Crippen molar-refractivity contribution < 1.29 is 4.79 Å². The van der Waals surface area contributed by atoms with Gasteiger partial charge in [0.25, 0.3) is 5.95 Å². The van der Waals surface area contributed by atoms with E-state index >= 15 is 0 Å². The van der Waals surface area contributed by atoms with Gasteiger partial charge in [-0.2, -0.15) is 9.78 Å². The molecule has 0 saturated heterocycles. The highest BCUT2D eigenvalue weighted by Crippen LogP contribution is 2.28. The molecule has 0 fully saturated rings. The fourth-order valence-corrected chi connectivity index (χ4v) is 2.84. The maximum atomic E-state index is 12.6. The molecule has 3 rings (SSSR count). The third kappa shape index (κ3) is 3.76. The molecule has 0 aliphatic carbocycles. The van der Waals surface area contributed by atoms with E-state index in [1.807, 2.05) is 0 Å². The molecule has 2 amide bonds. The lowest BCUT2D eigenvalue weighted by Crippen LogP contribution is -2.39. The van der Waals surface area contributed by atoms with Crippen LogP contribution in [-0.2, 0) is 0 Å². The second-order valence-electron chi connectivity index (χ2n) is 5.40. The van der Waals surface area contributed by atoms with E-state index in [1.165, 1.54) is 15.9 Å². The van der Waals surface area contributed by atoms with Gasteiger partial charge in [0, 0.05) is 24.5 Å². The van der Waals surface area contributed by atoms with Gasteiger partial charge in [-0.05, 0) is 31.2 Å². The van der Waals surface area contributed by atoms with Crippen molar-refractivity contribution in [1.82, 2.24) is 30.0 Å². The normalized spacial score (nSPS) is 11.8. The number of anilines is 1. The Hall–Kier alpha value is -2.71. The zero-order valence-corrected chi connectivity index (χ0v) is 15.5. The summed E-state index contributed by atoms with van der Waals surface area (Å²) in [4.78, 5) is 26.5. The Kier molecular flexibility index (Phi) is 5.34. The summed E-state index contributed by atoms with van der Waals surface area (Å²) >= 11 is 12.1. The van der Waals surface area contributed by atoms with E-state index in [-0.39, 0.29) is 6.03 Å². The molecule has 1 unspecified atom stereocenters. The van der Waals surface area contributed by atoms with Crippen molar-refractivity contribution in [1.29, 1.82) is 0 Å². The minimum atomic E-state index is -0.442. The van der Waals surface area contributed by atoms with E-state index in [0.29, 0.717) is 27.5 Å². The summed E-state index contributed by atoms with van der Waals surface area (Å²) in [6.45, 7) is 1.79. The molecule has 26 heavy (non-hydrogen) atoms. The topological polar surface area (TPSA) is 88.8 Å². The van der Waals surface area contributed by atoms with E-state index in [4.69, 9.17) is 23.2 Å². The summed E-state index contributed by atoms with van der Waals surface area (Å²) in [6.07, 6.45) is 4.59. The molecule has 1 N–H and O–H groups in total. The number of benzene rings is 1. The Morgan fingerprint density at radius 3 is 2.65 bits per heavy atom. The highest BCUT2D eigenvalue weighted by molar-refractivity contribution is 6.36. The predicted molar refractivity (Wildman–Crippen MR) is 98.8 cm³/mol. The average molecular weight is 392 g/mol. The molecule has 8 nitrogen and oxygen atoms in total. The fourth-order valence-electron chi connectivity index (χ4n) is 2.31. The second-order valence-corrected chi connectivity index (χ2v) is 6.25. The summed E-state index contributed by atoms with van der Waals surface area (Å²) in [5.74, 6) is 0.871. The number of nitrogens with one attached hydrogen (secondary N) is 1. The molecule has 10 heteroatoms. The van der Waals surface area contributed by atoms with Gasteiger partial charge in [-0.25, -0.2) is 19.7 Å². The van der Waals surface area contributed by atoms with Crippen LogP contribution in [0.3, 0.4) is 0 Å². The smallest absolute Gasteiger partial charge is 0.322 e. The number of halogens is 2. The first-order chi connectivity index (χ1) is 12.5. The van der Waals surface area contributed by atoms with Crippen LogP contribution >= 0.6 is 23.2 Å². The molecule has 0 radical (unpaired) electrons. The van der Waals surface area contributed by atoms with Crippen LogP contribution in [-0.4, -0.2) is 37.8 Å². The molecular formula is C16H15Cl2N7O. The highest BCUT2D eigenvalue weighted by Gasteiger charge is 2.21. The third-order valence-electron chi connectivity index (χ3n) is 3.62. The molecule has 2 aromatic heterocycles. The van der Waals surface area contributed by atoms with Crippen molar-refractivity contribution in [3.8, 4) is 5.95 Å². The van der Waals surface area contributed by atoms with Crippen LogP contribution < -0.4 is 10.2 Å². The standard InChI is InChI=1S/C16H15Cl2N7O/c1-10(14-21-9-22-25(14)15-19-6-3-7-20-15)23-16(26)24(2)13-5-4-11(17)8-12(13)18/h3-10H,1-2H3,(H,23,26). The molecular weight excluding hydrogens is 377 g/mol. The Labute approximate surface area is 159 Å². The van der Waals surface area contributed by atoms with Crippen molar-refractivity contribution in [3.63, 3.8) is 0 Å². The molecule has 0 spiro atoms. The van der Waals surface area contributed by atoms with Crippen LogP contribution in [0.5, 0.6) is 0 Å². The van der Waals surface area contributed by atoms with Crippen molar-refractivity contribution in [3.05, 3.63) is 58.9 Å². The summed E-state index contributed by atoms with van der Waals surface area (Å²) in [5.41, 5.74) is 0.536. The van der Waals surface area contributed by atoms with Gasteiger partial charge >= 0.3 is 6.03 Å². The molecule has 2 heterocycles. The van der Waals surface area contributed by atoms with E-state index in [1.54, 1.807) is 50.6 Å². The van der Waals surface area contributed by atoms with Crippen LogP contribution in [0.4, 0.5) is 10.5 Å². The molecule has 0 bridgehead atoms. The maximum absolute atomic E-state index is 12.6. The van der Waals surface area contributed by atoms with Gasteiger partial charge < -0.3 is 5.32 Å². The first-order valence-corrected chi connectivity index (χ1v) is 8.39. The molecule has 0 aliphatic rings. The zero-order valence-electron chi connectivity index (χ0n) is 14.0. The van der Waals surface area contributed by atoms with Gasteiger partial charge in [0.05, 0.1) is 16.8 Å². The highest BCUT2D eigenvalue weighted by atomic mass is 35.5. The van der Waals surface area contributed by atoms with E-state index in [0.717, 1.165) is 0 Å². The molecule has 1 aromatic carbocycles. The fraction of sp³-hybridized carbons (Fsp3) is 0.188. The Balaban J connectivity index is 1.77. The lowest BCUT2D eigenvalue weighted by Gasteiger charge is -2.22. The van der Waals surface area contributed by atoms with Gasteiger partial charge in [-0.15, -0.1) is 0 Å². The number of rotatable bonds is 4. The molecule has 0 saturated carbocycles. The number of urea groups is 1. The van der Waals surface area contributed by atoms with Crippen LogP contribution in [0.2, 0.25) is 10.0 Å². The summed E-state index contributed by atoms with van der Waals surface area (Å²) in [6, 6.07) is 5.83. The lowest BCUT2D eigenvalue weighted by atomic mass is 10.3. The van der Waals surface area contributed by atoms with Gasteiger partial charge in [0.2, 0.25) is 0 Å². The lowest BCUT2D eigenvalue weighted by molar-refractivity contribution is 0.244. The minimum absolute atomic E-state index is 0.356. The molecule has 3 aromatic rings. The van der Waals surface area contributed by atoms with Crippen LogP contribution in [0.25, 0.3) is 5.95 Å². The van der Waals surface area contributed by atoms with E-state index in [2.05, 4.69) is 25.4 Å². The third-order valence-corrected chi connectivity index (χ3v) is 4.16. The molecule has 0 aliphatic heterocycles. The van der Waals surface area contributed by atoms with Gasteiger partial charge in [0.1, 0.15) is 6.33 Å². The van der Waals surface area contributed by atoms with Crippen LogP contribution in [0.15, 0.2) is 43.0 Å². The van der Waals surface area contributed by atoms with Crippen molar-refractivity contribution in [2.45, 2.75) is 13.0 Å². The Morgan fingerprint density at radius 2 is 1.96 bits per heavy atom. The van der Waals surface area contributed by atoms with Crippen LogP contribution in [0, 0.1) is 0 Å². The number of amides is 2. The number of carbonyl (C=O) groups is 1. The van der Waals surface area contributed by atoms with Crippen molar-refractivity contribution in [2.75, 3.05) is 11.9 Å². The summed E-state index contributed by atoms with van der Waals surface area (Å²) in [7, 11) is 1.61. The van der Waals surface area contributed by atoms with Crippen molar-refractivity contribution >= 4 is 34.9 Å². The van der Waals surface area contributed by atoms with E-state index < -0.39 is 6.04 Å². The molecule has 134 valence electrons. The number of carbonyl (C=O) groups excluding carboxylic acids is 1. The Morgan fingerprint density at radius 1 is 1.23 bits per heavy atom. The van der Waals surface area contributed by atoms with Gasteiger partial charge in [0.15, 0.2) is 5.82 Å². The molecule has 1 atom stereocenters. The second kappa shape index (κ2) is 7.67. The van der Waals surface area contributed by atoms with Crippen molar-refractivity contribution in [2.24, 2.45) is 0 Å². The monoisotopic (exact) mass is 391 g/mol. The average Bonchev–Trinajstić information content (AvgIpc) is 3.12. The number of aromatic nitrogens is 5. The first kappa shape index (κ1) is 18.1. The van der Waals surface area contributed by atoms with Gasteiger partial charge in [-0.1, -0.05) is 23.2 Å². The summed E-state index contributed by atoms with van der Waals surface area (Å²) < 4.78 is 1.47. The van der Waals surface area contributed by atoms with E-state index in [9.17, 15) is 4.79 Å². The van der Waals surface area contributed by atoms with Crippen LogP contribution in [0.1, 0.15) is 18.8 Å². The zero-order chi connectivity index (χ0) is 18.7. The summed E-state index contributed by atoms with van der Waals surface area (Å²) in [5, 5.41) is 7.85. The maximum Gasteiger partial charge on any atom is 0.322 e. The minimum Gasteiger partial charge on any atom is -0.328 e. The number of nitrogens with zero attached hydrogens (tertiary/aromatic N) is 6. The van der Waals surface area contributed by atoms with Gasteiger partial charge in [-0.3, -0.25) is 4.90 Å². The first-order valence-electron chi connectivity index (χ1n) is 7.64. The SMILES string of the molecule is CC(NC(=O)N(C)c1ccc(Cl)cc1Cl)c1ncnn1-c1ncccn1. The quantitative estimate of drug-likeness (QED) is 0.736. The Bertz CT molecular complexity index is 916.